The lowest BCUT2D eigenvalue weighted by molar-refractivity contribution is -0.141. The second-order valence-electron chi connectivity index (χ2n) is 18.3. The molecule has 3 saturated heterocycles. The molecule has 5 rings (SSSR count). The van der Waals surface area contributed by atoms with E-state index in [0.717, 1.165) is 49.9 Å². The van der Waals surface area contributed by atoms with Gasteiger partial charge >= 0.3 is 18.1 Å². The second-order valence-corrected chi connectivity index (χ2v) is 19.5. The van der Waals surface area contributed by atoms with Crippen LogP contribution < -0.4 is 21.3 Å². The number of amides is 4. The predicted molar refractivity (Wildman–Crippen MR) is 267 cm³/mol. The van der Waals surface area contributed by atoms with Crippen molar-refractivity contribution in [3.63, 3.8) is 0 Å². The first-order chi connectivity index (χ1) is 33.4. The van der Waals surface area contributed by atoms with E-state index in [2.05, 4.69) is 77.5 Å². The summed E-state index contributed by atoms with van der Waals surface area (Å²) in [6.45, 7) is 14.2. The summed E-state index contributed by atoms with van der Waals surface area (Å²) in [5, 5.41) is 20.7. The van der Waals surface area contributed by atoms with Gasteiger partial charge in [-0.3, -0.25) is 4.79 Å². The van der Waals surface area contributed by atoms with E-state index in [1.807, 2.05) is 61.3 Å². The Hall–Kier alpha value is -4.75. The van der Waals surface area contributed by atoms with Gasteiger partial charge in [0.05, 0.1) is 88.8 Å². The average Bonchev–Trinajstić information content (AvgIpc) is 4.04. The van der Waals surface area contributed by atoms with Crippen LogP contribution in [0.15, 0.2) is 78.1 Å². The molecule has 4 aliphatic heterocycles. The van der Waals surface area contributed by atoms with Gasteiger partial charge in [0.15, 0.2) is 0 Å². The number of thioether (sulfide) groups is 1. The van der Waals surface area contributed by atoms with Gasteiger partial charge < -0.3 is 49.7 Å². The highest BCUT2D eigenvalue weighted by Crippen LogP contribution is 2.33. The number of carbonyl (C=O) groups is 4. The summed E-state index contributed by atoms with van der Waals surface area (Å²) in [6, 6.07) is -0.0193. The Labute approximate surface area is 413 Å². The standard InChI is InChI=1S/C51H77N7O10S/c1-6-11-44-39(5)19-21-45(68-44)42(14-9-12-36(2)32-38(4)33-37(3)18-20-41-13-10-17-48(60)67-41)54-51(62)66-25-22-40-34-58(57-56-40)24-27-64-29-31-65-30-28-63-26-23-52-47(59)16-8-7-15-46-49-43(35-69-46)53-50(61)55-49/h6,9-12,14,17-18,20,33-34,38-39,41-46,49H,7-8,13,15-16,19,21-32,35H2,1-5H3,(H,52,59)(H,54,62)(H2,53,55,61)/b11-6+,14-9+,20-18+,36-12+,37-33-/t38-,39+,41?,42?,43+,44?,45?,46+,49+/m1/s1. The highest BCUT2D eigenvalue weighted by atomic mass is 32.2. The van der Waals surface area contributed by atoms with Crippen LogP contribution in [-0.2, 0) is 51.0 Å². The first-order valence-electron chi connectivity index (χ1n) is 24.8. The lowest BCUT2D eigenvalue weighted by atomic mass is 9.90. The normalized spacial score (nSPS) is 24.9. The first kappa shape index (κ1) is 55.2. The van der Waals surface area contributed by atoms with Crippen molar-refractivity contribution in [2.45, 2.75) is 141 Å². The fourth-order valence-corrected chi connectivity index (χ4v) is 10.2. The maximum atomic E-state index is 13.1. The van der Waals surface area contributed by atoms with Gasteiger partial charge in [0, 0.05) is 49.1 Å². The summed E-state index contributed by atoms with van der Waals surface area (Å²) in [5.74, 6) is 1.34. The van der Waals surface area contributed by atoms with Crippen molar-refractivity contribution in [3.05, 3.63) is 83.8 Å². The number of aromatic nitrogens is 3. The summed E-state index contributed by atoms with van der Waals surface area (Å²) in [6.07, 6.45) is 27.5. The van der Waals surface area contributed by atoms with Crippen molar-refractivity contribution in [1.82, 2.24) is 36.3 Å². The summed E-state index contributed by atoms with van der Waals surface area (Å²) < 4.78 is 36.0. The largest absolute Gasteiger partial charge is 0.455 e. The number of urea groups is 1. The molecule has 0 saturated carbocycles. The summed E-state index contributed by atoms with van der Waals surface area (Å²) in [5.41, 5.74) is 3.01. The van der Waals surface area contributed by atoms with E-state index < -0.39 is 6.09 Å². The van der Waals surface area contributed by atoms with E-state index in [0.29, 0.717) is 94.8 Å². The van der Waals surface area contributed by atoms with Crippen molar-refractivity contribution in [1.29, 1.82) is 0 Å². The molecule has 9 atom stereocenters. The smallest absolute Gasteiger partial charge is 0.407 e. The van der Waals surface area contributed by atoms with Crippen molar-refractivity contribution < 1.29 is 47.6 Å². The van der Waals surface area contributed by atoms with Crippen LogP contribution in [0, 0.1) is 11.8 Å². The fourth-order valence-electron chi connectivity index (χ4n) is 8.65. The number of allylic oxidation sites excluding steroid dienone is 7. The van der Waals surface area contributed by atoms with E-state index in [1.165, 1.54) is 11.6 Å². The van der Waals surface area contributed by atoms with E-state index in [4.69, 9.17) is 28.4 Å². The van der Waals surface area contributed by atoms with Crippen LogP contribution >= 0.6 is 11.8 Å². The maximum Gasteiger partial charge on any atom is 0.407 e. The van der Waals surface area contributed by atoms with Gasteiger partial charge in [-0.2, -0.15) is 11.8 Å². The number of hydrogen-bond acceptors (Lipinski definition) is 13. The Kier molecular flexibility index (Phi) is 24.6. The van der Waals surface area contributed by atoms with Crippen molar-refractivity contribution in [3.8, 4) is 0 Å². The quantitative estimate of drug-likeness (QED) is 0.0215. The number of cyclic esters (lactones) is 1. The molecule has 1 aromatic heterocycles. The maximum absolute atomic E-state index is 13.1. The van der Waals surface area contributed by atoms with Crippen molar-refractivity contribution in [2.75, 3.05) is 58.5 Å². The van der Waals surface area contributed by atoms with Crippen LogP contribution in [0.3, 0.4) is 0 Å². The number of nitrogens with zero attached hydrogens (tertiary/aromatic N) is 3. The Balaban J connectivity index is 0.904. The number of fused-ring (bicyclic) bond motifs is 1. The molecular formula is C51H77N7O10S. The third-order valence-electron chi connectivity index (χ3n) is 12.3. The number of esters is 1. The van der Waals surface area contributed by atoms with Crippen LogP contribution in [0.2, 0.25) is 0 Å². The molecule has 0 aliphatic carbocycles. The Morgan fingerprint density at radius 1 is 1.03 bits per heavy atom. The molecule has 4 aliphatic rings. The Bertz CT molecular complexity index is 1950. The van der Waals surface area contributed by atoms with Crippen LogP contribution in [0.4, 0.5) is 9.59 Å². The molecule has 0 aromatic carbocycles. The molecule has 4 amide bonds. The minimum atomic E-state index is -0.523. The van der Waals surface area contributed by atoms with E-state index in [9.17, 15) is 19.2 Å². The lowest BCUT2D eigenvalue weighted by Crippen LogP contribution is -2.47. The SMILES string of the molecule is C/C=C/C1OC(C(/C=C/C=C(\C)C[C@@H](C)/C=C(C)\C=C\C2CC=CC(=O)O2)NC(=O)OCCc2cn(CCOCCOCCOCCNC(=O)CCCC[C@@H]3SC[C@@H]4NC(=O)N[C@@H]43)nn2)CC[C@@H]1C. The zero-order valence-corrected chi connectivity index (χ0v) is 42.1. The Morgan fingerprint density at radius 2 is 1.83 bits per heavy atom. The molecule has 4 unspecified atom stereocenters. The summed E-state index contributed by atoms with van der Waals surface area (Å²) >= 11 is 1.90. The van der Waals surface area contributed by atoms with Gasteiger partial charge in [-0.25, -0.2) is 19.1 Å². The minimum absolute atomic E-state index is 0.0283. The number of hydrogen-bond donors (Lipinski definition) is 4. The molecular weight excluding hydrogens is 903 g/mol. The monoisotopic (exact) mass is 980 g/mol. The third kappa shape index (κ3) is 21.0. The minimum Gasteiger partial charge on any atom is -0.455 e. The number of alkyl carbamates (subject to hydrolysis) is 1. The lowest BCUT2D eigenvalue weighted by Gasteiger charge is -2.36. The topological polar surface area (TPSA) is 202 Å². The zero-order chi connectivity index (χ0) is 49.2. The number of carbonyl (C=O) groups excluding carboxylic acids is 4. The van der Waals surface area contributed by atoms with Gasteiger partial charge in [0.25, 0.3) is 0 Å². The van der Waals surface area contributed by atoms with Crippen LogP contribution in [0.5, 0.6) is 0 Å². The number of unbranched alkanes of at least 4 members (excludes halogenated alkanes) is 1. The summed E-state index contributed by atoms with van der Waals surface area (Å²) in [4.78, 5) is 48.4. The highest BCUT2D eigenvalue weighted by molar-refractivity contribution is 8.00. The van der Waals surface area contributed by atoms with Gasteiger partial charge in [-0.15, -0.1) is 5.10 Å². The molecule has 18 heteroatoms. The molecule has 0 bridgehead atoms. The zero-order valence-electron chi connectivity index (χ0n) is 41.3. The Morgan fingerprint density at radius 3 is 2.62 bits per heavy atom. The molecule has 69 heavy (non-hydrogen) atoms. The van der Waals surface area contributed by atoms with E-state index in [-0.39, 0.29) is 61.0 Å². The molecule has 3 fully saturated rings. The fraction of sp³-hybridized carbons (Fsp3) is 0.647. The van der Waals surface area contributed by atoms with Crippen molar-refractivity contribution >= 4 is 35.8 Å². The molecule has 1 aromatic rings. The molecule has 5 heterocycles. The number of nitrogens with one attached hydrogen (secondary N) is 4. The van der Waals surface area contributed by atoms with Crippen molar-refractivity contribution in [2.24, 2.45) is 11.8 Å². The van der Waals surface area contributed by atoms with Gasteiger partial charge in [-0.05, 0) is 70.8 Å². The molecule has 382 valence electrons. The first-order valence-corrected chi connectivity index (χ1v) is 25.9. The van der Waals surface area contributed by atoms with Gasteiger partial charge in [0.2, 0.25) is 5.91 Å². The average molecular weight is 980 g/mol. The van der Waals surface area contributed by atoms with Gasteiger partial charge in [0.1, 0.15) is 6.10 Å². The van der Waals surface area contributed by atoms with E-state index in [1.54, 1.807) is 4.68 Å². The predicted octanol–water partition coefficient (Wildman–Crippen LogP) is 6.47. The van der Waals surface area contributed by atoms with Crippen LogP contribution in [0.1, 0.15) is 91.7 Å². The number of rotatable bonds is 30. The highest BCUT2D eigenvalue weighted by Gasteiger charge is 2.42. The number of ether oxygens (including phenoxy) is 6. The second kappa shape index (κ2) is 30.8. The van der Waals surface area contributed by atoms with E-state index >= 15 is 0 Å². The molecule has 17 nitrogen and oxygen atoms in total. The van der Waals surface area contributed by atoms with Crippen LogP contribution in [0.25, 0.3) is 0 Å². The molecule has 0 radical (unpaired) electrons. The molecule has 0 spiro atoms. The summed E-state index contributed by atoms with van der Waals surface area (Å²) in [7, 11) is 0. The van der Waals surface area contributed by atoms with Crippen LogP contribution in [-0.4, -0.2) is 139 Å². The third-order valence-corrected chi connectivity index (χ3v) is 13.8. The van der Waals surface area contributed by atoms with Gasteiger partial charge in [-0.1, -0.05) is 85.2 Å². The molecule has 4 N–H and O–H groups in total.